The van der Waals surface area contributed by atoms with Crippen molar-refractivity contribution in [1.29, 1.82) is 0 Å². The number of hydrogen-bond donors (Lipinski definition) is 1. The van der Waals surface area contributed by atoms with E-state index in [1.54, 1.807) is 5.57 Å². The summed E-state index contributed by atoms with van der Waals surface area (Å²) in [4.78, 5) is 0. The van der Waals surface area contributed by atoms with Crippen molar-refractivity contribution in [2.75, 3.05) is 0 Å². The van der Waals surface area contributed by atoms with Crippen molar-refractivity contribution in [2.24, 2.45) is 5.92 Å². The van der Waals surface area contributed by atoms with Gasteiger partial charge in [0.25, 0.3) is 0 Å². The molecule has 2 aliphatic rings. The molecule has 0 saturated heterocycles. The van der Waals surface area contributed by atoms with Crippen LogP contribution < -0.4 is 5.32 Å². The van der Waals surface area contributed by atoms with Crippen LogP contribution >= 0.6 is 0 Å². The van der Waals surface area contributed by atoms with E-state index >= 15 is 0 Å². The lowest BCUT2D eigenvalue weighted by Gasteiger charge is -2.38. The highest BCUT2D eigenvalue weighted by Gasteiger charge is 2.30. The summed E-state index contributed by atoms with van der Waals surface area (Å²) in [6, 6.07) is 8.94. The Morgan fingerprint density at radius 2 is 1.95 bits per heavy atom. The summed E-state index contributed by atoms with van der Waals surface area (Å²) >= 11 is 0. The van der Waals surface area contributed by atoms with Crippen LogP contribution in [0.25, 0.3) is 5.70 Å². The van der Waals surface area contributed by atoms with Crippen molar-refractivity contribution in [3.8, 4) is 0 Å². The van der Waals surface area contributed by atoms with Gasteiger partial charge < -0.3 is 5.32 Å². The monoisotopic (exact) mass is 255 g/mol. The predicted molar refractivity (Wildman–Crippen MR) is 81.9 cm³/mol. The number of allylic oxidation sites excluding steroid dienone is 1. The minimum Gasteiger partial charge on any atom is -0.379 e. The van der Waals surface area contributed by atoms with Gasteiger partial charge >= 0.3 is 0 Å². The van der Waals surface area contributed by atoms with Gasteiger partial charge in [0.1, 0.15) is 0 Å². The van der Waals surface area contributed by atoms with Crippen molar-refractivity contribution < 1.29 is 0 Å². The maximum absolute atomic E-state index is 3.83. The molecule has 0 spiro atoms. The largest absolute Gasteiger partial charge is 0.379 e. The van der Waals surface area contributed by atoms with E-state index in [1.807, 2.05) is 0 Å². The molecule has 1 N–H and O–H groups in total. The van der Waals surface area contributed by atoms with Crippen LogP contribution in [0.15, 0.2) is 29.8 Å². The number of rotatable bonds is 0. The van der Waals surface area contributed by atoms with Crippen molar-refractivity contribution in [3.05, 3.63) is 41.0 Å². The van der Waals surface area contributed by atoms with E-state index in [0.717, 1.165) is 12.3 Å². The molecule has 1 nitrogen and oxygen atoms in total. The number of benzene rings is 1. The first-order valence-corrected chi connectivity index (χ1v) is 7.66. The highest BCUT2D eigenvalue weighted by atomic mass is 15.0. The standard InChI is InChI=1S/C18H25N/c1-13-8-4-6-10-15(13)17-16-11-7-5-9-14(16)12-18(2,3)19-17/h5,7,9,11,13,19H,4,6,8,10,12H2,1-3H3/b17-15+. The third-order valence-corrected chi connectivity index (χ3v) is 4.63. The summed E-state index contributed by atoms with van der Waals surface area (Å²) in [5, 5.41) is 3.83. The minimum absolute atomic E-state index is 0.174. The van der Waals surface area contributed by atoms with Crippen molar-refractivity contribution in [3.63, 3.8) is 0 Å². The van der Waals surface area contributed by atoms with Gasteiger partial charge in [-0.1, -0.05) is 37.6 Å². The molecule has 1 heterocycles. The summed E-state index contributed by atoms with van der Waals surface area (Å²) in [6.07, 6.45) is 6.49. The zero-order valence-corrected chi connectivity index (χ0v) is 12.4. The van der Waals surface area contributed by atoms with Gasteiger partial charge in [0, 0.05) is 16.8 Å². The van der Waals surface area contributed by atoms with E-state index in [-0.39, 0.29) is 5.54 Å². The smallest absolute Gasteiger partial charge is 0.0415 e. The van der Waals surface area contributed by atoms with Crippen LogP contribution in [-0.2, 0) is 6.42 Å². The first-order chi connectivity index (χ1) is 9.07. The molecular formula is C18H25N. The van der Waals surface area contributed by atoms with Gasteiger partial charge in [-0.15, -0.1) is 0 Å². The summed E-state index contributed by atoms with van der Waals surface area (Å²) in [5.74, 6) is 0.734. The van der Waals surface area contributed by atoms with Crippen LogP contribution in [0.1, 0.15) is 57.6 Å². The molecule has 0 amide bonds. The van der Waals surface area contributed by atoms with Gasteiger partial charge in [0.2, 0.25) is 0 Å². The zero-order valence-electron chi connectivity index (χ0n) is 12.4. The van der Waals surface area contributed by atoms with Crippen molar-refractivity contribution in [1.82, 2.24) is 5.32 Å². The molecule has 0 radical (unpaired) electrons. The quantitative estimate of drug-likeness (QED) is 0.718. The fourth-order valence-electron chi connectivity index (χ4n) is 3.66. The molecule has 3 rings (SSSR count). The molecule has 1 fully saturated rings. The average Bonchev–Trinajstić information content (AvgIpc) is 2.37. The summed E-state index contributed by atoms with van der Waals surface area (Å²) in [6.45, 7) is 7.03. The summed E-state index contributed by atoms with van der Waals surface area (Å²) in [5.41, 5.74) is 6.23. The minimum atomic E-state index is 0.174. The van der Waals surface area contributed by atoms with E-state index in [1.165, 1.54) is 42.5 Å². The fraction of sp³-hybridized carbons (Fsp3) is 0.556. The molecule has 1 atom stereocenters. The van der Waals surface area contributed by atoms with E-state index in [2.05, 4.69) is 50.4 Å². The first-order valence-electron chi connectivity index (χ1n) is 7.66. The van der Waals surface area contributed by atoms with E-state index in [4.69, 9.17) is 0 Å². The van der Waals surface area contributed by atoms with Crippen LogP contribution in [0.5, 0.6) is 0 Å². The summed E-state index contributed by atoms with van der Waals surface area (Å²) in [7, 11) is 0. The summed E-state index contributed by atoms with van der Waals surface area (Å²) < 4.78 is 0. The average molecular weight is 255 g/mol. The van der Waals surface area contributed by atoms with E-state index in [9.17, 15) is 0 Å². The molecule has 102 valence electrons. The van der Waals surface area contributed by atoms with E-state index in [0.29, 0.717) is 0 Å². The molecular weight excluding hydrogens is 230 g/mol. The van der Waals surface area contributed by atoms with Crippen molar-refractivity contribution >= 4 is 5.70 Å². The third-order valence-electron chi connectivity index (χ3n) is 4.63. The third kappa shape index (κ3) is 2.43. The Balaban J connectivity index is 2.12. The van der Waals surface area contributed by atoms with Gasteiger partial charge in [0.05, 0.1) is 0 Å². The van der Waals surface area contributed by atoms with Crippen LogP contribution in [-0.4, -0.2) is 5.54 Å². The lowest BCUT2D eigenvalue weighted by molar-refractivity contribution is 0.424. The Morgan fingerprint density at radius 3 is 2.74 bits per heavy atom. The Bertz CT molecular complexity index is 510. The van der Waals surface area contributed by atoms with Crippen LogP contribution in [0.4, 0.5) is 0 Å². The fourth-order valence-corrected chi connectivity index (χ4v) is 3.66. The SMILES string of the molecule is CC1CCCC/C1=C1\NC(C)(C)Cc2ccccc21. The first kappa shape index (κ1) is 12.8. The maximum Gasteiger partial charge on any atom is 0.0415 e. The molecule has 1 aliphatic carbocycles. The highest BCUT2D eigenvalue weighted by Crippen LogP contribution is 2.38. The Kier molecular flexibility index (Phi) is 3.16. The second kappa shape index (κ2) is 4.70. The lowest BCUT2D eigenvalue weighted by Crippen LogP contribution is -2.44. The predicted octanol–water partition coefficient (Wildman–Crippen LogP) is 4.53. The molecule has 1 aromatic carbocycles. The van der Waals surface area contributed by atoms with Gasteiger partial charge in [-0.05, 0) is 56.6 Å². The van der Waals surface area contributed by atoms with Gasteiger partial charge in [-0.2, -0.15) is 0 Å². The number of nitrogens with one attached hydrogen (secondary N) is 1. The number of hydrogen-bond acceptors (Lipinski definition) is 1. The van der Waals surface area contributed by atoms with Gasteiger partial charge in [-0.3, -0.25) is 0 Å². The maximum atomic E-state index is 3.83. The zero-order chi connectivity index (χ0) is 13.5. The Hall–Kier alpha value is -1.24. The van der Waals surface area contributed by atoms with Gasteiger partial charge in [0.15, 0.2) is 0 Å². The Morgan fingerprint density at radius 1 is 1.16 bits per heavy atom. The molecule has 19 heavy (non-hydrogen) atoms. The molecule has 1 heteroatoms. The van der Waals surface area contributed by atoms with Crippen molar-refractivity contribution in [2.45, 2.75) is 58.4 Å². The van der Waals surface area contributed by atoms with Crippen LogP contribution in [0.3, 0.4) is 0 Å². The topological polar surface area (TPSA) is 12.0 Å². The molecule has 1 saturated carbocycles. The molecule has 1 unspecified atom stereocenters. The highest BCUT2D eigenvalue weighted by molar-refractivity contribution is 5.72. The van der Waals surface area contributed by atoms with Crippen LogP contribution in [0.2, 0.25) is 0 Å². The Labute approximate surface area is 117 Å². The molecule has 0 bridgehead atoms. The molecule has 1 aliphatic heterocycles. The second-order valence-electron chi connectivity index (χ2n) is 6.89. The lowest BCUT2D eigenvalue weighted by atomic mass is 9.79. The van der Waals surface area contributed by atoms with E-state index < -0.39 is 0 Å². The molecule has 1 aromatic rings. The second-order valence-corrected chi connectivity index (χ2v) is 6.89. The normalized spacial score (nSPS) is 29.5. The molecule has 0 aromatic heterocycles. The van der Waals surface area contributed by atoms with Gasteiger partial charge in [-0.25, -0.2) is 0 Å². The van der Waals surface area contributed by atoms with Crippen LogP contribution in [0, 0.1) is 5.92 Å². The number of fused-ring (bicyclic) bond motifs is 1.